The summed E-state index contributed by atoms with van der Waals surface area (Å²) in [4.78, 5) is 17.2. The SMILES string of the molecule is Cc1ccc(C(=O)N2CCc3cc(S(=O)(=O)N4CCN(c5cccc(Cl)c5)CC4)ccc32)c(Cl)c1. The molecule has 0 saturated carbocycles. The molecule has 0 radical (unpaired) electrons. The maximum Gasteiger partial charge on any atom is 0.259 e. The zero-order valence-electron chi connectivity index (χ0n) is 19.2. The third kappa shape index (κ3) is 4.66. The second kappa shape index (κ2) is 9.47. The van der Waals surface area contributed by atoms with Crippen molar-refractivity contribution >= 4 is 50.5 Å². The molecule has 1 saturated heterocycles. The summed E-state index contributed by atoms with van der Waals surface area (Å²) in [7, 11) is -3.64. The lowest BCUT2D eigenvalue weighted by Crippen LogP contribution is -2.48. The van der Waals surface area contributed by atoms with Gasteiger partial charge in [0, 0.05) is 49.1 Å². The Labute approximate surface area is 215 Å². The predicted molar refractivity (Wildman–Crippen MR) is 140 cm³/mol. The van der Waals surface area contributed by atoms with Crippen molar-refractivity contribution in [3.8, 4) is 0 Å². The molecule has 1 amide bonds. The van der Waals surface area contributed by atoms with Crippen LogP contribution in [0.3, 0.4) is 0 Å². The van der Waals surface area contributed by atoms with Gasteiger partial charge < -0.3 is 9.80 Å². The standard InChI is InChI=1S/C26H25Cl2N3O3S/c1-18-5-7-23(24(28)15-18)26(32)31-10-9-19-16-22(6-8-25(19)31)35(33,34)30-13-11-29(12-14-30)21-4-2-3-20(27)17-21/h2-8,15-17H,9-14H2,1H3. The van der Waals surface area contributed by atoms with Crippen molar-refractivity contribution in [3.63, 3.8) is 0 Å². The number of rotatable bonds is 4. The van der Waals surface area contributed by atoms with E-state index < -0.39 is 10.0 Å². The first kappa shape index (κ1) is 24.1. The lowest BCUT2D eigenvalue weighted by Gasteiger charge is -2.35. The first-order valence-corrected chi connectivity index (χ1v) is 13.7. The van der Waals surface area contributed by atoms with Crippen LogP contribution in [0.5, 0.6) is 0 Å². The molecule has 0 unspecified atom stereocenters. The largest absolute Gasteiger partial charge is 0.369 e. The molecular formula is C26H25Cl2N3O3S. The molecule has 0 atom stereocenters. The van der Waals surface area contributed by atoms with Gasteiger partial charge in [0.15, 0.2) is 0 Å². The third-order valence-corrected chi connectivity index (χ3v) is 9.04. The average molecular weight is 530 g/mol. The molecule has 6 nitrogen and oxygen atoms in total. The summed E-state index contributed by atoms with van der Waals surface area (Å²) in [5, 5.41) is 1.08. The monoisotopic (exact) mass is 529 g/mol. The molecule has 35 heavy (non-hydrogen) atoms. The predicted octanol–water partition coefficient (Wildman–Crippen LogP) is 5.02. The molecule has 182 valence electrons. The van der Waals surface area contributed by atoms with Crippen LogP contribution in [0.25, 0.3) is 0 Å². The number of hydrogen-bond acceptors (Lipinski definition) is 4. The van der Waals surface area contributed by atoms with E-state index in [-0.39, 0.29) is 10.8 Å². The minimum Gasteiger partial charge on any atom is -0.369 e. The van der Waals surface area contributed by atoms with Crippen molar-refractivity contribution in [3.05, 3.63) is 87.4 Å². The van der Waals surface area contributed by atoms with E-state index in [1.165, 1.54) is 4.31 Å². The number of nitrogens with zero attached hydrogens (tertiary/aromatic N) is 3. The Morgan fingerprint density at radius 2 is 1.66 bits per heavy atom. The van der Waals surface area contributed by atoms with Crippen LogP contribution in [0, 0.1) is 6.92 Å². The number of sulfonamides is 1. The van der Waals surface area contributed by atoms with Gasteiger partial charge in [0.1, 0.15) is 0 Å². The number of fused-ring (bicyclic) bond motifs is 1. The van der Waals surface area contributed by atoms with Gasteiger partial charge in [-0.3, -0.25) is 4.79 Å². The van der Waals surface area contributed by atoms with E-state index >= 15 is 0 Å². The van der Waals surface area contributed by atoms with E-state index in [9.17, 15) is 13.2 Å². The molecule has 9 heteroatoms. The van der Waals surface area contributed by atoms with Crippen molar-refractivity contribution in [2.45, 2.75) is 18.2 Å². The first-order chi connectivity index (χ1) is 16.7. The van der Waals surface area contributed by atoms with Crippen molar-refractivity contribution in [2.24, 2.45) is 0 Å². The summed E-state index contributed by atoms with van der Waals surface area (Å²) in [5.74, 6) is -0.179. The molecule has 0 N–H and O–H groups in total. The fraction of sp³-hybridized carbons (Fsp3) is 0.269. The number of piperazine rings is 1. The molecule has 2 aliphatic rings. The molecule has 0 bridgehead atoms. The first-order valence-electron chi connectivity index (χ1n) is 11.5. The van der Waals surface area contributed by atoms with E-state index in [0.717, 1.165) is 22.5 Å². The normalized spacial score (nSPS) is 16.4. The van der Waals surface area contributed by atoms with Gasteiger partial charge in [-0.2, -0.15) is 4.31 Å². The fourth-order valence-electron chi connectivity index (χ4n) is 4.70. The van der Waals surface area contributed by atoms with E-state index in [1.54, 1.807) is 35.2 Å². The summed E-state index contributed by atoms with van der Waals surface area (Å²) in [5.41, 5.74) is 4.00. The van der Waals surface area contributed by atoms with E-state index in [4.69, 9.17) is 23.2 Å². The number of carbonyl (C=O) groups excluding carboxylic acids is 1. The van der Waals surface area contributed by atoms with Crippen molar-refractivity contribution in [2.75, 3.05) is 42.5 Å². The molecule has 2 aliphatic heterocycles. The minimum absolute atomic E-state index is 0.179. The van der Waals surface area contributed by atoms with Crippen LogP contribution in [0.2, 0.25) is 10.0 Å². The molecule has 3 aromatic carbocycles. The Kier molecular flexibility index (Phi) is 6.53. The Bertz CT molecular complexity index is 1400. The number of benzene rings is 3. The lowest BCUT2D eigenvalue weighted by atomic mass is 10.1. The number of carbonyl (C=O) groups is 1. The van der Waals surface area contributed by atoms with Crippen LogP contribution in [-0.2, 0) is 16.4 Å². The summed E-state index contributed by atoms with van der Waals surface area (Å²) in [6.45, 7) is 4.36. The second-order valence-electron chi connectivity index (χ2n) is 8.85. The van der Waals surface area contributed by atoms with E-state index in [1.807, 2.05) is 37.3 Å². The average Bonchev–Trinajstić information content (AvgIpc) is 3.27. The van der Waals surface area contributed by atoms with Crippen LogP contribution >= 0.6 is 23.2 Å². The lowest BCUT2D eigenvalue weighted by molar-refractivity contribution is 0.0989. The number of anilines is 2. The number of amides is 1. The van der Waals surface area contributed by atoms with Gasteiger partial charge in [-0.1, -0.05) is 35.3 Å². The van der Waals surface area contributed by atoms with Gasteiger partial charge in [0.05, 0.1) is 15.5 Å². The maximum absolute atomic E-state index is 13.4. The van der Waals surface area contributed by atoms with Crippen molar-refractivity contribution in [1.29, 1.82) is 0 Å². The van der Waals surface area contributed by atoms with Crippen LogP contribution in [0.4, 0.5) is 11.4 Å². The summed E-state index contributed by atoms with van der Waals surface area (Å²) >= 11 is 12.4. The van der Waals surface area contributed by atoms with Gasteiger partial charge in [0.2, 0.25) is 10.0 Å². The van der Waals surface area contributed by atoms with Gasteiger partial charge in [-0.25, -0.2) is 8.42 Å². The van der Waals surface area contributed by atoms with Crippen LogP contribution in [0.15, 0.2) is 65.6 Å². The number of aryl methyl sites for hydroxylation is 1. The maximum atomic E-state index is 13.4. The summed E-state index contributed by atoms with van der Waals surface area (Å²) in [6.07, 6.45) is 0.594. The molecule has 1 fully saturated rings. The highest BCUT2D eigenvalue weighted by Gasteiger charge is 2.32. The summed E-state index contributed by atoms with van der Waals surface area (Å²) < 4.78 is 28.3. The third-order valence-electron chi connectivity index (χ3n) is 6.60. The Morgan fingerprint density at radius 3 is 2.37 bits per heavy atom. The molecule has 3 aromatic rings. The quantitative estimate of drug-likeness (QED) is 0.476. The van der Waals surface area contributed by atoms with E-state index in [2.05, 4.69) is 4.90 Å². The van der Waals surface area contributed by atoms with Crippen molar-refractivity contribution in [1.82, 2.24) is 4.31 Å². The summed E-state index contributed by atoms with van der Waals surface area (Å²) in [6, 6.07) is 18.0. The molecule has 2 heterocycles. The van der Waals surface area contributed by atoms with Gasteiger partial charge in [0.25, 0.3) is 5.91 Å². The Morgan fingerprint density at radius 1 is 0.886 bits per heavy atom. The van der Waals surface area contributed by atoms with Crippen molar-refractivity contribution < 1.29 is 13.2 Å². The second-order valence-corrected chi connectivity index (χ2v) is 11.6. The van der Waals surface area contributed by atoms with Crippen LogP contribution in [-0.4, -0.2) is 51.4 Å². The van der Waals surface area contributed by atoms with Gasteiger partial charge >= 0.3 is 0 Å². The molecule has 0 aromatic heterocycles. The molecule has 0 aliphatic carbocycles. The number of halogens is 2. The van der Waals surface area contributed by atoms with Gasteiger partial charge in [-0.05, 0) is 73.0 Å². The zero-order valence-corrected chi connectivity index (χ0v) is 21.6. The Hall–Kier alpha value is -2.58. The van der Waals surface area contributed by atoms with E-state index in [0.29, 0.717) is 54.8 Å². The van der Waals surface area contributed by atoms with Crippen LogP contribution < -0.4 is 9.80 Å². The van der Waals surface area contributed by atoms with Gasteiger partial charge in [-0.15, -0.1) is 0 Å². The highest BCUT2D eigenvalue weighted by Crippen LogP contribution is 2.33. The smallest absolute Gasteiger partial charge is 0.259 e. The highest BCUT2D eigenvalue weighted by molar-refractivity contribution is 7.89. The minimum atomic E-state index is -3.64. The Balaban J connectivity index is 1.32. The number of hydrogen-bond donors (Lipinski definition) is 0. The topological polar surface area (TPSA) is 60.9 Å². The van der Waals surface area contributed by atoms with Crippen LogP contribution in [0.1, 0.15) is 21.5 Å². The zero-order chi connectivity index (χ0) is 24.7. The molecule has 0 spiro atoms. The highest BCUT2D eigenvalue weighted by atomic mass is 35.5. The fourth-order valence-corrected chi connectivity index (χ4v) is 6.67. The molecule has 5 rings (SSSR count). The molecular weight excluding hydrogens is 505 g/mol.